The zero-order valence-corrected chi connectivity index (χ0v) is 11.2. The summed E-state index contributed by atoms with van der Waals surface area (Å²) in [4.78, 5) is 7.98. The van der Waals surface area contributed by atoms with E-state index in [4.69, 9.17) is 17.4 Å². The van der Waals surface area contributed by atoms with Gasteiger partial charge in [0, 0.05) is 11.3 Å². The van der Waals surface area contributed by atoms with Crippen molar-refractivity contribution in [2.24, 2.45) is 5.84 Å². The number of aliphatic hydroxyl groups excluding tert-OH is 1. The summed E-state index contributed by atoms with van der Waals surface area (Å²) in [6.45, 7) is 2.03. The molecular weight excluding hydrogens is 262 g/mol. The molecule has 0 aliphatic rings. The molecule has 0 radical (unpaired) electrons. The topological polar surface area (TPSA) is 96.1 Å². The molecule has 6 nitrogen and oxygen atoms in total. The van der Waals surface area contributed by atoms with Gasteiger partial charge in [-0.3, -0.25) is 5.43 Å². The molecule has 1 rings (SSSR count). The molecule has 96 valence electrons. The minimum Gasteiger partial charge on any atom is -0.395 e. The SMILES string of the molecule is CSC(CO)C(C)Nc1nc(NN)ncc1Cl. The van der Waals surface area contributed by atoms with Crippen molar-refractivity contribution < 1.29 is 5.11 Å². The number of hydrazine groups is 1. The second-order valence-electron chi connectivity index (χ2n) is 3.42. The molecule has 1 aromatic heterocycles. The standard InChI is InChI=1S/C9H16ClN5OS/c1-5(7(4-16)17-2)13-8-6(10)3-12-9(14-8)15-11/h3,5,7,16H,4,11H2,1-2H3,(H2,12,13,14,15). The zero-order chi connectivity index (χ0) is 12.8. The molecule has 0 aliphatic heterocycles. The van der Waals surface area contributed by atoms with Gasteiger partial charge in [0.15, 0.2) is 5.82 Å². The smallest absolute Gasteiger partial charge is 0.239 e. The van der Waals surface area contributed by atoms with Crippen LogP contribution in [0, 0.1) is 0 Å². The second kappa shape index (κ2) is 6.85. The number of rotatable bonds is 6. The van der Waals surface area contributed by atoms with Gasteiger partial charge >= 0.3 is 0 Å². The normalized spacial score (nSPS) is 14.2. The molecule has 1 heterocycles. The highest BCUT2D eigenvalue weighted by Gasteiger charge is 2.17. The van der Waals surface area contributed by atoms with Crippen LogP contribution in [0.2, 0.25) is 5.02 Å². The molecule has 0 bridgehead atoms. The fraction of sp³-hybridized carbons (Fsp3) is 0.556. The minimum absolute atomic E-state index is 0.0213. The highest BCUT2D eigenvalue weighted by atomic mass is 35.5. The summed E-state index contributed by atoms with van der Waals surface area (Å²) >= 11 is 7.54. The van der Waals surface area contributed by atoms with Gasteiger partial charge in [-0.05, 0) is 13.2 Å². The van der Waals surface area contributed by atoms with E-state index in [1.165, 1.54) is 6.20 Å². The summed E-state index contributed by atoms with van der Waals surface area (Å²) in [6, 6.07) is 0.0213. The highest BCUT2D eigenvalue weighted by Crippen LogP contribution is 2.22. The number of nitrogens with two attached hydrogens (primary N) is 1. The van der Waals surface area contributed by atoms with Crippen LogP contribution in [-0.2, 0) is 0 Å². The average molecular weight is 278 g/mol. The lowest BCUT2D eigenvalue weighted by Crippen LogP contribution is -2.31. The number of hydrogen-bond acceptors (Lipinski definition) is 7. The first-order valence-corrected chi connectivity index (χ1v) is 6.68. The maximum Gasteiger partial charge on any atom is 0.239 e. The highest BCUT2D eigenvalue weighted by molar-refractivity contribution is 7.99. The van der Waals surface area contributed by atoms with E-state index in [1.807, 2.05) is 13.2 Å². The fourth-order valence-corrected chi connectivity index (χ4v) is 2.05. The third-order valence-electron chi connectivity index (χ3n) is 2.28. The lowest BCUT2D eigenvalue weighted by Gasteiger charge is -2.22. The Kier molecular flexibility index (Phi) is 5.76. The van der Waals surface area contributed by atoms with Crippen LogP contribution in [0.25, 0.3) is 0 Å². The molecule has 0 spiro atoms. The maximum atomic E-state index is 9.19. The first-order valence-electron chi connectivity index (χ1n) is 5.01. The van der Waals surface area contributed by atoms with Crippen LogP contribution in [0.3, 0.4) is 0 Å². The van der Waals surface area contributed by atoms with Crippen molar-refractivity contribution in [2.75, 3.05) is 23.6 Å². The largest absolute Gasteiger partial charge is 0.395 e. The third kappa shape index (κ3) is 3.88. The van der Waals surface area contributed by atoms with Gasteiger partial charge in [0.2, 0.25) is 5.95 Å². The number of aliphatic hydroxyl groups is 1. The Morgan fingerprint density at radius 2 is 2.35 bits per heavy atom. The number of thioether (sulfide) groups is 1. The van der Waals surface area contributed by atoms with Gasteiger partial charge in [-0.1, -0.05) is 11.6 Å². The van der Waals surface area contributed by atoms with Crippen LogP contribution in [0.5, 0.6) is 0 Å². The van der Waals surface area contributed by atoms with Crippen molar-refractivity contribution in [1.29, 1.82) is 0 Å². The second-order valence-corrected chi connectivity index (χ2v) is 4.91. The number of anilines is 2. The van der Waals surface area contributed by atoms with E-state index < -0.39 is 0 Å². The Balaban J connectivity index is 2.79. The predicted molar refractivity (Wildman–Crippen MR) is 72.3 cm³/mol. The molecule has 0 saturated carbocycles. The number of nitrogen functional groups attached to an aromatic ring is 1. The van der Waals surface area contributed by atoms with E-state index in [-0.39, 0.29) is 23.8 Å². The van der Waals surface area contributed by atoms with Gasteiger partial charge in [-0.2, -0.15) is 16.7 Å². The molecule has 0 amide bonds. The van der Waals surface area contributed by atoms with E-state index in [2.05, 4.69) is 20.7 Å². The summed E-state index contributed by atoms with van der Waals surface area (Å²) in [5.41, 5.74) is 2.35. The Bertz CT molecular complexity index is 363. The Labute approximate surface area is 109 Å². The van der Waals surface area contributed by atoms with E-state index in [0.717, 1.165) is 0 Å². The Morgan fingerprint density at radius 3 is 2.88 bits per heavy atom. The molecule has 2 unspecified atom stereocenters. The molecule has 0 aromatic carbocycles. The molecule has 17 heavy (non-hydrogen) atoms. The van der Waals surface area contributed by atoms with Crippen molar-refractivity contribution >= 4 is 35.1 Å². The van der Waals surface area contributed by atoms with Crippen molar-refractivity contribution in [3.8, 4) is 0 Å². The first-order chi connectivity index (χ1) is 8.12. The molecule has 2 atom stereocenters. The third-order valence-corrected chi connectivity index (χ3v) is 3.72. The number of hydrogen-bond donors (Lipinski definition) is 4. The van der Waals surface area contributed by atoms with Crippen molar-refractivity contribution in [3.63, 3.8) is 0 Å². The molecule has 0 fully saturated rings. The molecule has 0 saturated heterocycles. The van der Waals surface area contributed by atoms with E-state index in [1.54, 1.807) is 11.8 Å². The summed E-state index contributed by atoms with van der Waals surface area (Å²) in [7, 11) is 0. The predicted octanol–water partition coefficient (Wildman–Crippen LogP) is 0.940. The van der Waals surface area contributed by atoms with Crippen LogP contribution in [-0.4, -0.2) is 39.2 Å². The van der Waals surface area contributed by atoms with Gasteiger partial charge in [0.05, 0.1) is 12.8 Å². The summed E-state index contributed by atoms with van der Waals surface area (Å²) in [5, 5.41) is 12.8. The van der Waals surface area contributed by atoms with Crippen molar-refractivity contribution in [1.82, 2.24) is 9.97 Å². The average Bonchev–Trinajstić information content (AvgIpc) is 2.33. The van der Waals surface area contributed by atoms with Gasteiger partial charge in [0.1, 0.15) is 5.02 Å². The fourth-order valence-electron chi connectivity index (χ4n) is 1.28. The summed E-state index contributed by atoms with van der Waals surface area (Å²) < 4.78 is 0. The molecule has 0 aliphatic carbocycles. The lowest BCUT2D eigenvalue weighted by atomic mass is 10.2. The van der Waals surface area contributed by atoms with Crippen molar-refractivity contribution in [3.05, 3.63) is 11.2 Å². The zero-order valence-electron chi connectivity index (χ0n) is 9.64. The van der Waals surface area contributed by atoms with Crippen molar-refractivity contribution in [2.45, 2.75) is 18.2 Å². The molecule has 1 aromatic rings. The quantitative estimate of drug-likeness (QED) is 0.454. The number of halogens is 1. The lowest BCUT2D eigenvalue weighted by molar-refractivity contribution is 0.288. The van der Waals surface area contributed by atoms with Crippen LogP contribution in [0.1, 0.15) is 6.92 Å². The van der Waals surface area contributed by atoms with E-state index in [0.29, 0.717) is 10.8 Å². The van der Waals surface area contributed by atoms with E-state index >= 15 is 0 Å². The van der Waals surface area contributed by atoms with Gasteiger partial charge in [-0.25, -0.2) is 10.8 Å². The van der Waals surface area contributed by atoms with Crippen LogP contribution in [0.4, 0.5) is 11.8 Å². The van der Waals surface area contributed by atoms with Gasteiger partial charge in [0.25, 0.3) is 0 Å². The molecule has 5 N–H and O–H groups in total. The summed E-state index contributed by atoms with van der Waals surface area (Å²) in [5.74, 6) is 6.00. The number of aromatic nitrogens is 2. The Morgan fingerprint density at radius 1 is 1.65 bits per heavy atom. The van der Waals surface area contributed by atoms with Gasteiger partial charge < -0.3 is 10.4 Å². The number of nitrogens with one attached hydrogen (secondary N) is 2. The van der Waals surface area contributed by atoms with Crippen LogP contribution in [0.15, 0.2) is 6.20 Å². The maximum absolute atomic E-state index is 9.19. The van der Waals surface area contributed by atoms with E-state index in [9.17, 15) is 5.11 Å². The Hall–Kier alpha value is -0.760. The van der Waals surface area contributed by atoms with Crippen LogP contribution < -0.4 is 16.6 Å². The summed E-state index contributed by atoms with van der Waals surface area (Å²) in [6.07, 6.45) is 3.40. The molecule has 8 heteroatoms. The minimum atomic E-state index is 0.0213. The first kappa shape index (κ1) is 14.3. The molecular formula is C9H16ClN5OS. The monoisotopic (exact) mass is 277 g/mol. The van der Waals surface area contributed by atoms with Gasteiger partial charge in [-0.15, -0.1) is 0 Å². The van der Waals surface area contributed by atoms with Crippen LogP contribution >= 0.6 is 23.4 Å². The number of nitrogens with zero attached hydrogens (tertiary/aromatic N) is 2.